The van der Waals surface area contributed by atoms with E-state index in [0.29, 0.717) is 12.3 Å². The summed E-state index contributed by atoms with van der Waals surface area (Å²) < 4.78 is 5.62. The molecule has 2 atom stereocenters. The number of carboxylic acid groups (broad SMARTS) is 1. The van der Waals surface area contributed by atoms with Crippen LogP contribution in [-0.2, 0) is 14.3 Å². The first-order valence-electron chi connectivity index (χ1n) is 12.0. The van der Waals surface area contributed by atoms with Crippen molar-refractivity contribution in [1.82, 2.24) is 10.6 Å². The third kappa shape index (κ3) is 5.58. The predicted molar refractivity (Wildman–Crippen MR) is 128 cm³/mol. The first-order chi connectivity index (χ1) is 16.3. The van der Waals surface area contributed by atoms with Crippen LogP contribution in [0.25, 0.3) is 11.1 Å². The number of carbonyl (C=O) groups excluding carboxylic acids is 2. The number of nitrogens with one attached hydrogen (secondary N) is 2. The predicted octanol–water partition coefficient (Wildman–Crippen LogP) is 4.31. The zero-order chi connectivity index (χ0) is 24.2. The van der Waals surface area contributed by atoms with Crippen LogP contribution in [0.5, 0.6) is 0 Å². The number of hydrogen-bond acceptors (Lipinski definition) is 4. The minimum atomic E-state index is -0.970. The van der Waals surface area contributed by atoms with Crippen LogP contribution in [0, 0.1) is 11.8 Å². The number of amides is 2. The fourth-order valence-corrected chi connectivity index (χ4v) is 4.63. The Hall–Kier alpha value is -3.35. The number of carboxylic acids is 1. The summed E-state index contributed by atoms with van der Waals surface area (Å²) in [6.07, 6.45) is 1.78. The zero-order valence-corrected chi connectivity index (χ0v) is 19.6. The van der Waals surface area contributed by atoms with Gasteiger partial charge in [0, 0.05) is 12.0 Å². The maximum Gasteiger partial charge on any atom is 0.407 e. The van der Waals surface area contributed by atoms with Crippen LogP contribution < -0.4 is 10.6 Å². The first-order valence-corrected chi connectivity index (χ1v) is 12.0. The normalized spacial score (nSPS) is 16.3. The second kappa shape index (κ2) is 10.3. The van der Waals surface area contributed by atoms with Crippen LogP contribution in [0.1, 0.15) is 56.6 Å². The molecule has 7 nitrogen and oxygen atoms in total. The number of carbonyl (C=O) groups is 3. The molecule has 0 aliphatic heterocycles. The lowest BCUT2D eigenvalue weighted by Crippen LogP contribution is -2.51. The van der Waals surface area contributed by atoms with Crippen molar-refractivity contribution >= 4 is 18.0 Å². The van der Waals surface area contributed by atoms with Crippen molar-refractivity contribution < 1.29 is 24.2 Å². The van der Waals surface area contributed by atoms with Gasteiger partial charge in [-0.25, -0.2) is 4.79 Å². The fraction of sp³-hybridized carbons (Fsp3) is 0.444. The second-order valence-electron chi connectivity index (χ2n) is 9.66. The molecule has 4 rings (SSSR count). The van der Waals surface area contributed by atoms with Gasteiger partial charge in [0.1, 0.15) is 12.6 Å². The van der Waals surface area contributed by atoms with E-state index in [0.717, 1.165) is 35.1 Å². The van der Waals surface area contributed by atoms with Crippen molar-refractivity contribution in [3.8, 4) is 11.1 Å². The van der Waals surface area contributed by atoms with E-state index in [2.05, 4.69) is 34.9 Å². The summed E-state index contributed by atoms with van der Waals surface area (Å²) in [6.45, 7) is 3.90. The molecule has 180 valence electrons. The molecular weight excluding hydrogens is 432 g/mol. The Morgan fingerprint density at radius 1 is 0.971 bits per heavy atom. The molecule has 34 heavy (non-hydrogen) atoms. The fourth-order valence-electron chi connectivity index (χ4n) is 4.63. The van der Waals surface area contributed by atoms with E-state index >= 15 is 0 Å². The molecule has 0 heterocycles. The van der Waals surface area contributed by atoms with Gasteiger partial charge in [0.15, 0.2) is 0 Å². The molecule has 0 unspecified atom stereocenters. The van der Waals surface area contributed by atoms with E-state index in [4.69, 9.17) is 9.84 Å². The topological polar surface area (TPSA) is 105 Å². The molecule has 0 saturated heterocycles. The molecule has 2 aliphatic carbocycles. The molecule has 2 aromatic rings. The van der Waals surface area contributed by atoms with E-state index in [9.17, 15) is 14.4 Å². The number of fused-ring (bicyclic) bond motifs is 3. The average Bonchev–Trinajstić information content (AvgIpc) is 3.57. The van der Waals surface area contributed by atoms with Gasteiger partial charge in [0.2, 0.25) is 5.91 Å². The van der Waals surface area contributed by atoms with Crippen LogP contribution >= 0.6 is 0 Å². The van der Waals surface area contributed by atoms with Crippen molar-refractivity contribution in [2.75, 3.05) is 6.61 Å². The SMILES string of the molecule is CC(C)[C@@H](CC(=O)O)NC(=O)[C@H](CC1CC1)NC(=O)OCC1c2ccccc2-c2ccccc21. The molecule has 0 bridgehead atoms. The van der Waals surface area contributed by atoms with E-state index < -0.39 is 24.1 Å². The Kier molecular flexibility index (Phi) is 7.20. The highest BCUT2D eigenvalue weighted by atomic mass is 16.5. The summed E-state index contributed by atoms with van der Waals surface area (Å²) in [6, 6.07) is 15.0. The van der Waals surface area contributed by atoms with Gasteiger partial charge in [-0.3, -0.25) is 9.59 Å². The standard InChI is InChI=1S/C27H32N2O5/c1-16(2)23(14-25(30)31)28-26(32)24(13-17-11-12-17)29-27(33)34-15-22-20-9-5-3-7-18(20)19-8-4-6-10-21(19)22/h3-10,16-17,22-24H,11-15H2,1-2H3,(H,28,32)(H,29,33)(H,30,31)/t23-,24+/m1/s1. The van der Waals surface area contributed by atoms with Crippen LogP contribution in [0.15, 0.2) is 48.5 Å². The van der Waals surface area contributed by atoms with Gasteiger partial charge < -0.3 is 20.5 Å². The Morgan fingerprint density at radius 3 is 2.09 bits per heavy atom. The molecule has 0 radical (unpaired) electrons. The Bertz CT molecular complexity index is 1020. The molecule has 0 spiro atoms. The zero-order valence-electron chi connectivity index (χ0n) is 19.6. The maximum absolute atomic E-state index is 13.0. The van der Waals surface area contributed by atoms with Gasteiger partial charge in [-0.05, 0) is 40.5 Å². The van der Waals surface area contributed by atoms with Crippen molar-refractivity contribution in [2.24, 2.45) is 11.8 Å². The molecule has 1 saturated carbocycles. The molecule has 7 heteroatoms. The van der Waals surface area contributed by atoms with Gasteiger partial charge in [-0.1, -0.05) is 75.2 Å². The Morgan fingerprint density at radius 2 is 1.56 bits per heavy atom. The monoisotopic (exact) mass is 464 g/mol. The third-order valence-corrected chi connectivity index (χ3v) is 6.75. The molecule has 2 amide bonds. The number of alkyl carbamates (subject to hydrolysis) is 1. The van der Waals surface area contributed by atoms with E-state index in [1.54, 1.807) is 0 Å². The Balaban J connectivity index is 1.40. The van der Waals surface area contributed by atoms with Crippen LogP contribution in [0.4, 0.5) is 4.79 Å². The van der Waals surface area contributed by atoms with Crippen LogP contribution in [0.2, 0.25) is 0 Å². The van der Waals surface area contributed by atoms with Gasteiger partial charge in [0.25, 0.3) is 0 Å². The Labute approximate surface area is 199 Å². The number of rotatable bonds is 10. The summed E-state index contributed by atoms with van der Waals surface area (Å²) >= 11 is 0. The van der Waals surface area contributed by atoms with Crippen LogP contribution in [-0.4, -0.2) is 41.8 Å². The highest BCUT2D eigenvalue weighted by molar-refractivity contribution is 5.86. The average molecular weight is 465 g/mol. The molecule has 3 N–H and O–H groups in total. The summed E-state index contributed by atoms with van der Waals surface area (Å²) in [4.78, 5) is 36.9. The summed E-state index contributed by atoms with van der Waals surface area (Å²) in [5, 5.41) is 14.7. The number of hydrogen-bond donors (Lipinski definition) is 3. The van der Waals surface area contributed by atoms with E-state index in [1.165, 1.54) is 0 Å². The van der Waals surface area contributed by atoms with Gasteiger partial charge >= 0.3 is 12.1 Å². The second-order valence-corrected chi connectivity index (χ2v) is 9.66. The molecule has 2 aliphatic rings. The lowest BCUT2D eigenvalue weighted by atomic mass is 9.98. The van der Waals surface area contributed by atoms with Gasteiger partial charge in [-0.15, -0.1) is 0 Å². The lowest BCUT2D eigenvalue weighted by molar-refractivity contribution is -0.138. The van der Waals surface area contributed by atoms with Crippen molar-refractivity contribution in [3.05, 3.63) is 59.7 Å². The van der Waals surface area contributed by atoms with E-state index in [-0.39, 0.29) is 30.8 Å². The number of ether oxygens (including phenoxy) is 1. The summed E-state index contributed by atoms with van der Waals surface area (Å²) in [5.74, 6) is -1.05. The minimum absolute atomic E-state index is 0.0453. The van der Waals surface area contributed by atoms with Crippen LogP contribution in [0.3, 0.4) is 0 Å². The van der Waals surface area contributed by atoms with Crippen molar-refractivity contribution in [3.63, 3.8) is 0 Å². The quantitative estimate of drug-likeness (QED) is 0.486. The molecular formula is C27H32N2O5. The summed E-state index contributed by atoms with van der Waals surface area (Å²) in [7, 11) is 0. The molecule has 0 aromatic heterocycles. The van der Waals surface area contributed by atoms with Gasteiger partial charge in [-0.2, -0.15) is 0 Å². The molecule has 2 aromatic carbocycles. The van der Waals surface area contributed by atoms with Gasteiger partial charge in [0.05, 0.1) is 6.42 Å². The lowest BCUT2D eigenvalue weighted by Gasteiger charge is -2.25. The van der Waals surface area contributed by atoms with E-state index in [1.807, 2.05) is 38.1 Å². The largest absolute Gasteiger partial charge is 0.481 e. The molecule has 1 fully saturated rings. The summed E-state index contributed by atoms with van der Waals surface area (Å²) in [5.41, 5.74) is 4.54. The number of benzene rings is 2. The highest BCUT2D eigenvalue weighted by Gasteiger charge is 2.33. The highest BCUT2D eigenvalue weighted by Crippen LogP contribution is 2.44. The first kappa shape index (κ1) is 23.8. The van der Waals surface area contributed by atoms with Crippen molar-refractivity contribution in [2.45, 2.75) is 57.5 Å². The number of aliphatic carboxylic acids is 1. The van der Waals surface area contributed by atoms with Crippen molar-refractivity contribution in [1.29, 1.82) is 0 Å². The minimum Gasteiger partial charge on any atom is -0.481 e. The smallest absolute Gasteiger partial charge is 0.407 e. The maximum atomic E-state index is 13.0. The third-order valence-electron chi connectivity index (χ3n) is 6.75.